The zero-order chi connectivity index (χ0) is 17.3. The van der Waals surface area contributed by atoms with Gasteiger partial charge in [-0.15, -0.1) is 0 Å². The number of hydrogen-bond acceptors (Lipinski definition) is 0. The Morgan fingerprint density at radius 1 is 1.00 bits per heavy atom. The number of rotatable bonds is 5. The molecule has 1 aromatic heterocycles. The zero-order valence-corrected chi connectivity index (χ0v) is 15.8. The van der Waals surface area contributed by atoms with Crippen molar-refractivity contribution in [3.8, 4) is 11.1 Å². The van der Waals surface area contributed by atoms with E-state index in [4.69, 9.17) is 11.6 Å². The topological polar surface area (TPSA) is 15.8 Å². The highest BCUT2D eigenvalue weighted by atomic mass is 35.5. The highest BCUT2D eigenvalue weighted by Gasteiger charge is 2.11. The van der Waals surface area contributed by atoms with Crippen LogP contribution in [0.2, 0.25) is 5.02 Å². The second-order valence-corrected chi connectivity index (χ2v) is 7.29. The molecule has 0 unspecified atom stereocenters. The van der Waals surface area contributed by atoms with Crippen LogP contribution in [0.25, 0.3) is 22.0 Å². The summed E-state index contributed by atoms with van der Waals surface area (Å²) < 4.78 is 0. The maximum atomic E-state index is 6.61. The van der Waals surface area contributed by atoms with Gasteiger partial charge in [-0.05, 0) is 53.6 Å². The monoisotopic (exact) mass is 339 g/mol. The van der Waals surface area contributed by atoms with Gasteiger partial charge < -0.3 is 4.98 Å². The van der Waals surface area contributed by atoms with Gasteiger partial charge in [0, 0.05) is 27.2 Å². The maximum absolute atomic E-state index is 6.61. The van der Waals surface area contributed by atoms with Crippen LogP contribution in [0.5, 0.6) is 0 Å². The highest BCUT2D eigenvalue weighted by molar-refractivity contribution is 6.34. The summed E-state index contributed by atoms with van der Waals surface area (Å²) in [6.07, 6.45) is 3.38. The molecule has 0 aliphatic carbocycles. The van der Waals surface area contributed by atoms with Gasteiger partial charge in [-0.25, -0.2) is 0 Å². The van der Waals surface area contributed by atoms with Crippen molar-refractivity contribution in [1.82, 2.24) is 4.98 Å². The summed E-state index contributed by atoms with van der Waals surface area (Å²) in [5.41, 5.74) is 7.63. The number of fused-ring (bicyclic) bond motifs is 1. The molecule has 0 atom stereocenters. The van der Waals surface area contributed by atoms with E-state index in [1.54, 1.807) is 0 Å². The van der Waals surface area contributed by atoms with Crippen LogP contribution >= 0.6 is 11.6 Å². The van der Waals surface area contributed by atoms with Crippen molar-refractivity contribution in [2.24, 2.45) is 0 Å². The number of benzene rings is 2. The van der Waals surface area contributed by atoms with Gasteiger partial charge in [0.2, 0.25) is 0 Å². The summed E-state index contributed by atoms with van der Waals surface area (Å²) in [6.45, 7) is 8.86. The van der Waals surface area contributed by atoms with Crippen molar-refractivity contribution in [3.63, 3.8) is 0 Å². The number of H-pyrrole nitrogens is 1. The van der Waals surface area contributed by atoms with Crippen molar-refractivity contribution < 1.29 is 0 Å². The quantitative estimate of drug-likeness (QED) is 0.509. The molecule has 0 spiro atoms. The van der Waals surface area contributed by atoms with E-state index in [9.17, 15) is 0 Å². The Balaban J connectivity index is 2.09. The summed E-state index contributed by atoms with van der Waals surface area (Å²) in [6, 6.07) is 13.3. The molecule has 2 heteroatoms. The highest BCUT2D eigenvalue weighted by Crippen LogP contribution is 2.34. The minimum absolute atomic E-state index is 0.486. The maximum Gasteiger partial charge on any atom is 0.0491 e. The van der Waals surface area contributed by atoms with Gasteiger partial charge >= 0.3 is 0 Å². The number of hydrogen-bond donors (Lipinski definition) is 1. The molecule has 0 saturated heterocycles. The minimum Gasteiger partial charge on any atom is -0.358 e. The zero-order valence-electron chi connectivity index (χ0n) is 15.0. The van der Waals surface area contributed by atoms with Crippen molar-refractivity contribution in [1.29, 1.82) is 0 Å². The Morgan fingerprint density at radius 3 is 2.46 bits per heavy atom. The van der Waals surface area contributed by atoms with E-state index < -0.39 is 0 Å². The average molecular weight is 340 g/mol. The van der Waals surface area contributed by atoms with Crippen LogP contribution in [-0.2, 0) is 12.8 Å². The van der Waals surface area contributed by atoms with E-state index in [0.29, 0.717) is 5.92 Å². The van der Waals surface area contributed by atoms with Crippen molar-refractivity contribution in [3.05, 3.63) is 58.2 Å². The lowest BCUT2D eigenvalue weighted by molar-refractivity contribution is 0.836. The molecule has 0 saturated carbocycles. The molecule has 0 aliphatic heterocycles. The Kier molecular flexibility index (Phi) is 5.01. The molecule has 3 aromatic rings. The molecule has 2 aromatic carbocycles. The Morgan fingerprint density at radius 2 is 1.79 bits per heavy atom. The number of nitrogens with one attached hydrogen (secondary N) is 1. The van der Waals surface area contributed by atoms with Gasteiger partial charge in [-0.2, -0.15) is 0 Å². The van der Waals surface area contributed by atoms with Gasteiger partial charge in [-0.3, -0.25) is 0 Å². The predicted molar refractivity (Wildman–Crippen MR) is 106 cm³/mol. The first-order chi connectivity index (χ1) is 11.5. The van der Waals surface area contributed by atoms with Gasteiger partial charge in [0.1, 0.15) is 0 Å². The number of aryl methyl sites for hydroxylation is 2. The van der Waals surface area contributed by atoms with Crippen LogP contribution in [-0.4, -0.2) is 4.98 Å². The van der Waals surface area contributed by atoms with Crippen LogP contribution < -0.4 is 0 Å². The van der Waals surface area contributed by atoms with Crippen LogP contribution in [0.1, 0.15) is 56.9 Å². The van der Waals surface area contributed by atoms with Gasteiger partial charge in [-0.1, -0.05) is 63.9 Å². The van der Waals surface area contributed by atoms with E-state index in [0.717, 1.165) is 28.9 Å². The molecule has 3 rings (SSSR count). The summed E-state index contributed by atoms with van der Waals surface area (Å²) >= 11 is 6.61. The molecule has 0 fully saturated rings. The molecule has 126 valence electrons. The van der Waals surface area contributed by atoms with Crippen LogP contribution in [0.4, 0.5) is 0 Å². The fraction of sp³-hybridized carbons (Fsp3) is 0.364. The number of aromatic nitrogens is 1. The lowest BCUT2D eigenvalue weighted by Gasteiger charge is -2.11. The fourth-order valence-electron chi connectivity index (χ4n) is 3.34. The summed E-state index contributed by atoms with van der Waals surface area (Å²) in [5.74, 6) is 0.486. The molecule has 1 nitrogen and oxygen atoms in total. The fourth-order valence-corrected chi connectivity index (χ4v) is 3.62. The molecule has 0 bridgehead atoms. The van der Waals surface area contributed by atoms with E-state index in [1.165, 1.54) is 34.2 Å². The third-order valence-corrected chi connectivity index (χ3v) is 5.08. The molecular formula is C22H26ClN. The van der Waals surface area contributed by atoms with E-state index in [2.05, 4.69) is 69.1 Å². The van der Waals surface area contributed by atoms with Crippen molar-refractivity contribution >= 4 is 22.5 Å². The van der Waals surface area contributed by atoms with E-state index >= 15 is 0 Å². The van der Waals surface area contributed by atoms with E-state index in [1.807, 2.05) is 0 Å². The largest absolute Gasteiger partial charge is 0.358 e. The molecule has 1 heterocycles. The molecule has 24 heavy (non-hydrogen) atoms. The SMILES string of the molecule is CCCc1ccc(-c2cc3[nH]c(C(C)C)cc3cc2Cl)cc1CC. The number of halogens is 1. The molecule has 1 N–H and O–H groups in total. The Hall–Kier alpha value is -1.73. The minimum atomic E-state index is 0.486. The van der Waals surface area contributed by atoms with Crippen LogP contribution in [0.15, 0.2) is 36.4 Å². The van der Waals surface area contributed by atoms with Gasteiger partial charge in [0.15, 0.2) is 0 Å². The average Bonchev–Trinajstić information content (AvgIpc) is 2.98. The first-order valence-corrected chi connectivity index (χ1v) is 9.35. The Bertz CT molecular complexity index is 858. The lowest BCUT2D eigenvalue weighted by Crippen LogP contribution is -1.93. The normalized spacial score (nSPS) is 11.6. The first kappa shape index (κ1) is 17.1. The van der Waals surface area contributed by atoms with Crippen molar-refractivity contribution in [2.75, 3.05) is 0 Å². The molecule has 0 aliphatic rings. The van der Waals surface area contributed by atoms with Gasteiger partial charge in [0.25, 0.3) is 0 Å². The number of aromatic amines is 1. The predicted octanol–water partition coefficient (Wildman–Crippen LogP) is 7.13. The van der Waals surface area contributed by atoms with Crippen LogP contribution in [0.3, 0.4) is 0 Å². The van der Waals surface area contributed by atoms with Crippen LogP contribution in [0, 0.1) is 0 Å². The Labute approximate surface area is 150 Å². The first-order valence-electron chi connectivity index (χ1n) is 8.97. The third-order valence-electron chi connectivity index (χ3n) is 4.77. The molecule has 0 amide bonds. The molecule has 0 radical (unpaired) electrons. The van der Waals surface area contributed by atoms with Crippen molar-refractivity contribution in [2.45, 2.75) is 52.9 Å². The third kappa shape index (κ3) is 3.23. The smallest absolute Gasteiger partial charge is 0.0491 e. The molecular weight excluding hydrogens is 314 g/mol. The second-order valence-electron chi connectivity index (χ2n) is 6.89. The second kappa shape index (κ2) is 7.03. The van der Waals surface area contributed by atoms with Gasteiger partial charge in [0.05, 0.1) is 0 Å². The standard InChI is InChI=1S/C22H26ClN/c1-5-7-16-8-9-17(10-15(16)6-2)19-13-22-18(11-20(19)23)12-21(24-22)14(3)4/h8-14,24H,5-7H2,1-4H3. The summed E-state index contributed by atoms with van der Waals surface area (Å²) in [4.78, 5) is 3.53. The lowest BCUT2D eigenvalue weighted by atomic mass is 9.95. The van der Waals surface area contributed by atoms with E-state index in [-0.39, 0.29) is 0 Å². The summed E-state index contributed by atoms with van der Waals surface area (Å²) in [7, 11) is 0. The summed E-state index contributed by atoms with van der Waals surface area (Å²) in [5, 5.41) is 2.01.